The summed E-state index contributed by atoms with van der Waals surface area (Å²) in [6.45, 7) is 6.18. The number of carbonyl (C=O) groups excluding carboxylic acids is 3. The van der Waals surface area contributed by atoms with Crippen LogP contribution in [0.5, 0.6) is 5.75 Å². The lowest BCUT2D eigenvalue weighted by Crippen LogP contribution is -2.59. The molecule has 10 heteroatoms. The molecule has 0 bridgehead atoms. The third-order valence-electron chi connectivity index (χ3n) is 4.69. The number of hydrogen-bond donors (Lipinski definition) is 1. The number of nitrogens with zero attached hydrogens (tertiary/aromatic N) is 2. The summed E-state index contributed by atoms with van der Waals surface area (Å²) >= 11 is 0. The van der Waals surface area contributed by atoms with Crippen LogP contribution in [0.15, 0.2) is 18.2 Å². The van der Waals surface area contributed by atoms with Gasteiger partial charge in [-0.2, -0.15) is 0 Å². The van der Waals surface area contributed by atoms with Crippen LogP contribution in [0.1, 0.15) is 37.6 Å². The number of nitrogens with one attached hydrogen (secondary N) is 1. The standard InChI is InChI=1S/C19H22F3N3O4/c1-18(2,3)9-15(26)24-6-7-25-14(10-24)16(27)23-13-5-4-11(29-19(20,21)22)8-12(13)17(25)28/h4-5,8,14H,6-7,9-10H2,1-3H3,(H,23,27). The van der Waals surface area contributed by atoms with Crippen LogP contribution in [0.4, 0.5) is 18.9 Å². The van der Waals surface area contributed by atoms with Crippen molar-refractivity contribution in [3.05, 3.63) is 23.8 Å². The predicted octanol–water partition coefficient (Wildman–Crippen LogP) is 2.63. The largest absolute Gasteiger partial charge is 0.573 e. The first-order valence-corrected chi connectivity index (χ1v) is 9.13. The van der Waals surface area contributed by atoms with E-state index in [4.69, 9.17) is 0 Å². The van der Waals surface area contributed by atoms with Crippen molar-refractivity contribution in [2.24, 2.45) is 5.41 Å². The van der Waals surface area contributed by atoms with Crippen LogP contribution in [0.2, 0.25) is 0 Å². The van der Waals surface area contributed by atoms with Crippen LogP contribution in [0, 0.1) is 5.41 Å². The topological polar surface area (TPSA) is 79.0 Å². The molecule has 0 radical (unpaired) electrons. The van der Waals surface area contributed by atoms with Crippen LogP contribution >= 0.6 is 0 Å². The van der Waals surface area contributed by atoms with E-state index in [1.54, 1.807) is 4.90 Å². The van der Waals surface area contributed by atoms with E-state index in [1.807, 2.05) is 20.8 Å². The molecule has 158 valence electrons. The molecule has 2 aliphatic rings. The Hall–Kier alpha value is -2.78. The quantitative estimate of drug-likeness (QED) is 0.809. The van der Waals surface area contributed by atoms with Gasteiger partial charge in [0.05, 0.1) is 17.8 Å². The van der Waals surface area contributed by atoms with Crippen molar-refractivity contribution in [3.8, 4) is 5.75 Å². The van der Waals surface area contributed by atoms with Gasteiger partial charge in [-0.25, -0.2) is 0 Å². The van der Waals surface area contributed by atoms with Crippen molar-refractivity contribution < 1.29 is 32.3 Å². The summed E-state index contributed by atoms with van der Waals surface area (Å²) in [6.07, 6.45) is -4.60. The molecule has 1 aromatic rings. The zero-order chi connectivity index (χ0) is 21.6. The molecule has 0 spiro atoms. The summed E-state index contributed by atoms with van der Waals surface area (Å²) in [4.78, 5) is 41.0. The van der Waals surface area contributed by atoms with Crippen LogP contribution < -0.4 is 10.1 Å². The van der Waals surface area contributed by atoms with E-state index in [1.165, 1.54) is 11.0 Å². The maximum atomic E-state index is 12.9. The van der Waals surface area contributed by atoms with Crippen LogP contribution in [0.25, 0.3) is 0 Å². The second-order valence-corrected chi connectivity index (χ2v) is 8.34. The number of amides is 3. The highest BCUT2D eigenvalue weighted by Gasteiger charge is 2.41. The Morgan fingerprint density at radius 3 is 2.52 bits per heavy atom. The number of benzene rings is 1. The second kappa shape index (κ2) is 7.23. The van der Waals surface area contributed by atoms with Crippen LogP contribution in [0.3, 0.4) is 0 Å². The molecule has 2 aliphatic heterocycles. The van der Waals surface area contributed by atoms with E-state index in [-0.39, 0.29) is 42.2 Å². The Balaban J connectivity index is 1.83. The first-order valence-electron chi connectivity index (χ1n) is 9.13. The first-order chi connectivity index (χ1) is 13.3. The van der Waals surface area contributed by atoms with E-state index in [0.29, 0.717) is 6.42 Å². The number of rotatable bonds is 2. The molecule has 7 nitrogen and oxygen atoms in total. The molecule has 1 fully saturated rings. The van der Waals surface area contributed by atoms with Crippen molar-refractivity contribution >= 4 is 23.4 Å². The number of halogens is 3. The molecule has 1 aromatic carbocycles. The SMILES string of the molecule is CC(C)(C)CC(=O)N1CCN2C(=O)c3cc(OC(F)(F)F)ccc3NC(=O)C2C1. The average Bonchev–Trinajstić information content (AvgIpc) is 2.68. The fourth-order valence-corrected chi connectivity index (χ4v) is 3.42. The lowest BCUT2D eigenvalue weighted by atomic mass is 9.91. The van der Waals surface area contributed by atoms with E-state index in [9.17, 15) is 27.6 Å². The van der Waals surface area contributed by atoms with Gasteiger partial charge in [0, 0.05) is 19.5 Å². The third-order valence-corrected chi connectivity index (χ3v) is 4.69. The first kappa shape index (κ1) is 20.9. The molecule has 1 atom stereocenters. The number of hydrogen-bond acceptors (Lipinski definition) is 4. The fourth-order valence-electron chi connectivity index (χ4n) is 3.42. The molecule has 1 unspecified atom stereocenters. The monoisotopic (exact) mass is 413 g/mol. The lowest BCUT2D eigenvalue weighted by molar-refractivity contribution is -0.274. The minimum atomic E-state index is -4.90. The van der Waals surface area contributed by atoms with Crippen molar-refractivity contribution in [2.75, 3.05) is 25.0 Å². The van der Waals surface area contributed by atoms with Crippen LogP contribution in [-0.2, 0) is 9.59 Å². The fraction of sp³-hybridized carbons (Fsp3) is 0.526. The number of fused-ring (bicyclic) bond motifs is 2. The molecular weight excluding hydrogens is 391 g/mol. The molecule has 3 rings (SSSR count). The Kier molecular flexibility index (Phi) is 5.22. The predicted molar refractivity (Wildman–Crippen MR) is 97.2 cm³/mol. The highest BCUT2D eigenvalue weighted by atomic mass is 19.4. The third kappa shape index (κ3) is 4.80. The summed E-state index contributed by atoms with van der Waals surface area (Å²) < 4.78 is 41.4. The van der Waals surface area contributed by atoms with Gasteiger partial charge in [-0.15, -0.1) is 13.2 Å². The van der Waals surface area contributed by atoms with Crippen molar-refractivity contribution in [1.29, 1.82) is 0 Å². The molecule has 1 saturated heterocycles. The Labute approximate surface area is 165 Å². The van der Waals surface area contributed by atoms with E-state index >= 15 is 0 Å². The molecule has 2 heterocycles. The normalized spacial score (nSPS) is 19.9. The minimum absolute atomic E-state index is 0.0341. The maximum absolute atomic E-state index is 12.9. The molecule has 29 heavy (non-hydrogen) atoms. The van der Waals surface area contributed by atoms with Crippen LogP contribution in [-0.4, -0.2) is 59.6 Å². The average molecular weight is 413 g/mol. The second-order valence-electron chi connectivity index (χ2n) is 8.34. The number of piperazine rings is 1. The molecule has 0 saturated carbocycles. The van der Waals surface area contributed by atoms with E-state index < -0.39 is 30.0 Å². The zero-order valence-electron chi connectivity index (χ0n) is 16.3. The number of carbonyl (C=O) groups is 3. The molecule has 1 N–H and O–H groups in total. The molecular formula is C19H22F3N3O4. The Bertz CT molecular complexity index is 848. The highest BCUT2D eigenvalue weighted by molar-refractivity contribution is 6.10. The maximum Gasteiger partial charge on any atom is 0.573 e. The molecule has 3 amide bonds. The smallest absolute Gasteiger partial charge is 0.406 e. The summed E-state index contributed by atoms with van der Waals surface area (Å²) in [5.41, 5.74) is -0.200. The minimum Gasteiger partial charge on any atom is -0.406 e. The van der Waals surface area contributed by atoms with Gasteiger partial charge in [-0.3, -0.25) is 14.4 Å². The van der Waals surface area contributed by atoms with Gasteiger partial charge in [0.1, 0.15) is 11.8 Å². The van der Waals surface area contributed by atoms with E-state index in [0.717, 1.165) is 12.1 Å². The lowest BCUT2D eigenvalue weighted by Gasteiger charge is -2.40. The number of ether oxygens (including phenoxy) is 1. The van der Waals surface area contributed by atoms with Gasteiger partial charge in [0.25, 0.3) is 5.91 Å². The molecule has 0 aromatic heterocycles. The summed E-state index contributed by atoms with van der Waals surface area (Å²) in [5.74, 6) is -1.73. The van der Waals surface area contributed by atoms with Gasteiger partial charge in [0.2, 0.25) is 11.8 Å². The zero-order valence-corrected chi connectivity index (χ0v) is 16.3. The van der Waals surface area contributed by atoms with Gasteiger partial charge in [0.15, 0.2) is 0 Å². The number of anilines is 1. The Morgan fingerprint density at radius 1 is 1.21 bits per heavy atom. The van der Waals surface area contributed by atoms with Gasteiger partial charge < -0.3 is 19.9 Å². The molecule has 0 aliphatic carbocycles. The van der Waals surface area contributed by atoms with Crippen molar-refractivity contribution in [2.45, 2.75) is 39.6 Å². The summed E-state index contributed by atoms with van der Waals surface area (Å²) in [5, 5.41) is 2.57. The van der Waals surface area contributed by atoms with Gasteiger partial charge >= 0.3 is 6.36 Å². The van der Waals surface area contributed by atoms with E-state index in [2.05, 4.69) is 10.1 Å². The Morgan fingerprint density at radius 2 is 1.90 bits per heavy atom. The summed E-state index contributed by atoms with van der Waals surface area (Å²) in [6, 6.07) is 2.28. The van der Waals surface area contributed by atoms with Crippen molar-refractivity contribution in [1.82, 2.24) is 9.80 Å². The summed E-state index contributed by atoms with van der Waals surface area (Å²) in [7, 11) is 0. The van der Waals surface area contributed by atoms with Gasteiger partial charge in [-0.1, -0.05) is 20.8 Å². The van der Waals surface area contributed by atoms with Crippen molar-refractivity contribution in [3.63, 3.8) is 0 Å². The van der Waals surface area contributed by atoms with Gasteiger partial charge in [-0.05, 0) is 23.6 Å². The number of alkyl halides is 3. The highest BCUT2D eigenvalue weighted by Crippen LogP contribution is 2.31.